The summed E-state index contributed by atoms with van der Waals surface area (Å²) < 4.78 is 0. The predicted octanol–water partition coefficient (Wildman–Crippen LogP) is 4.27. The Morgan fingerprint density at radius 3 is 2.38 bits per heavy atom. The number of anilines is 2. The quantitative estimate of drug-likeness (QED) is 0.699. The number of amides is 1. The van der Waals surface area contributed by atoms with Crippen molar-refractivity contribution in [1.29, 1.82) is 0 Å². The lowest BCUT2D eigenvalue weighted by molar-refractivity contribution is 0.0950. The first-order valence-electron chi connectivity index (χ1n) is 8.61. The van der Waals surface area contributed by atoms with Gasteiger partial charge in [-0.15, -0.1) is 0 Å². The van der Waals surface area contributed by atoms with Crippen LogP contribution in [-0.2, 0) is 6.54 Å². The van der Waals surface area contributed by atoms with Crippen molar-refractivity contribution in [3.05, 3.63) is 83.9 Å². The maximum atomic E-state index is 12.3. The number of hydrogen-bond acceptors (Lipinski definition) is 4. The summed E-state index contributed by atoms with van der Waals surface area (Å²) in [6, 6.07) is 13.8. The molecule has 0 atom stereocenters. The van der Waals surface area contributed by atoms with Gasteiger partial charge in [-0.1, -0.05) is 26.0 Å². The highest BCUT2D eigenvalue weighted by Crippen LogP contribution is 2.20. The minimum atomic E-state index is -0.159. The molecule has 26 heavy (non-hydrogen) atoms. The average Bonchev–Trinajstić information content (AvgIpc) is 2.67. The van der Waals surface area contributed by atoms with Gasteiger partial charge >= 0.3 is 0 Å². The summed E-state index contributed by atoms with van der Waals surface area (Å²) in [7, 11) is 0. The van der Waals surface area contributed by atoms with Crippen molar-refractivity contribution in [3.8, 4) is 0 Å². The van der Waals surface area contributed by atoms with Crippen LogP contribution in [0.2, 0.25) is 0 Å². The van der Waals surface area contributed by atoms with E-state index in [1.54, 1.807) is 30.9 Å². The highest BCUT2D eigenvalue weighted by Gasteiger charge is 2.07. The van der Waals surface area contributed by atoms with E-state index in [1.165, 1.54) is 5.56 Å². The van der Waals surface area contributed by atoms with E-state index in [0.29, 0.717) is 18.0 Å². The smallest absolute Gasteiger partial charge is 0.253 e. The van der Waals surface area contributed by atoms with E-state index < -0.39 is 0 Å². The maximum Gasteiger partial charge on any atom is 0.253 e. The van der Waals surface area contributed by atoms with Crippen molar-refractivity contribution < 1.29 is 4.79 Å². The standard InChI is InChI=1S/C21H22N4O/c1-15(2)17-3-5-19(6-4-17)25-20-11-18(13-23-14-20)21(26)24-12-16-7-9-22-10-8-16/h3-11,13-15,25H,12H2,1-2H3,(H,24,26). The molecule has 2 heterocycles. The Morgan fingerprint density at radius 1 is 0.962 bits per heavy atom. The minimum absolute atomic E-state index is 0.159. The Labute approximate surface area is 153 Å². The third-order valence-corrected chi connectivity index (χ3v) is 4.07. The van der Waals surface area contributed by atoms with Crippen LogP contribution in [0.15, 0.2) is 67.3 Å². The molecule has 0 aliphatic carbocycles. The first kappa shape index (κ1) is 17.6. The summed E-state index contributed by atoms with van der Waals surface area (Å²) in [6.07, 6.45) is 6.68. The normalized spacial score (nSPS) is 10.6. The number of aromatic nitrogens is 2. The van der Waals surface area contributed by atoms with Gasteiger partial charge in [0.25, 0.3) is 5.91 Å². The zero-order valence-corrected chi connectivity index (χ0v) is 14.9. The van der Waals surface area contributed by atoms with Gasteiger partial charge in [0.15, 0.2) is 0 Å². The molecule has 5 heteroatoms. The molecule has 132 valence electrons. The number of benzene rings is 1. The summed E-state index contributed by atoms with van der Waals surface area (Å²) in [5, 5.41) is 6.18. The average molecular weight is 346 g/mol. The number of carbonyl (C=O) groups is 1. The fraction of sp³-hybridized carbons (Fsp3) is 0.190. The molecule has 1 amide bonds. The molecule has 3 aromatic rings. The molecule has 3 rings (SSSR count). The summed E-state index contributed by atoms with van der Waals surface area (Å²) >= 11 is 0. The molecule has 0 aliphatic heterocycles. The Bertz CT molecular complexity index is 861. The highest BCUT2D eigenvalue weighted by molar-refractivity contribution is 5.94. The number of hydrogen-bond donors (Lipinski definition) is 2. The van der Waals surface area contributed by atoms with Gasteiger partial charge in [-0.2, -0.15) is 0 Å². The number of rotatable bonds is 6. The van der Waals surface area contributed by atoms with Gasteiger partial charge in [-0.25, -0.2) is 0 Å². The van der Waals surface area contributed by atoms with Crippen molar-refractivity contribution in [2.75, 3.05) is 5.32 Å². The molecule has 0 bridgehead atoms. The third-order valence-electron chi connectivity index (χ3n) is 4.07. The van der Waals surface area contributed by atoms with E-state index in [-0.39, 0.29) is 5.91 Å². The molecular formula is C21H22N4O. The van der Waals surface area contributed by atoms with E-state index in [4.69, 9.17) is 0 Å². The van der Waals surface area contributed by atoms with Gasteiger partial charge in [0.05, 0.1) is 17.4 Å². The Kier molecular flexibility index (Phi) is 5.59. The molecule has 5 nitrogen and oxygen atoms in total. The van der Waals surface area contributed by atoms with Crippen LogP contribution in [0, 0.1) is 0 Å². The van der Waals surface area contributed by atoms with Crippen molar-refractivity contribution >= 4 is 17.3 Å². The van der Waals surface area contributed by atoms with E-state index in [1.807, 2.05) is 24.3 Å². The summed E-state index contributed by atoms with van der Waals surface area (Å²) in [5.74, 6) is 0.339. The first-order valence-corrected chi connectivity index (χ1v) is 8.61. The molecule has 0 unspecified atom stereocenters. The number of nitrogens with zero attached hydrogens (tertiary/aromatic N) is 2. The molecule has 0 radical (unpaired) electrons. The Balaban J connectivity index is 1.64. The van der Waals surface area contributed by atoms with Crippen LogP contribution in [0.5, 0.6) is 0 Å². The van der Waals surface area contributed by atoms with Crippen LogP contribution in [0.3, 0.4) is 0 Å². The van der Waals surface area contributed by atoms with Crippen LogP contribution in [-0.4, -0.2) is 15.9 Å². The minimum Gasteiger partial charge on any atom is -0.354 e. The van der Waals surface area contributed by atoms with E-state index in [2.05, 4.69) is 46.6 Å². The molecule has 0 aliphatic rings. The number of nitrogens with one attached hydrogen (secondary N) is 2. The molecular weight excluding hydrogens is 324 g/mol. The fourth-order valence-corrected chi connectivity index (χ4v) is 2.54. The molecule has 0 fully saturated rings. The van der Waals surface area contributed by atoms with E-state index >= 15 is 0 Å². The molecule has 2 aromatic heterocycles. The van der Waals surface area contributed by atoms with Gasteiger partial charge < -0.3 is 10.6 Å². The highest BCUT2D eigenvalue weighted by atomic mass is 16.1. The van der Waals surface area contributed by atoms with Crippen LogP contribution < -0.4 is 10.6 Å². The van der Waals surface area contributed by atoms with E-state index in [0.717, 1.165) is 16.9 Å². The van der Waals surface area contributed by atoms with Crippen molar-refractivity contribution in [3.63, 3.8) is 0 Å². The topological polar surface area (TPSA) is 66.9 Å². The maximum absolute atomic E-state index is 12.3. The van der Waals surface area contributed by atoms with Crippen molar-refractivity contribution in [2.45, 2.75) is 26.3 Å². The third kappa shape index (κ3) is 4.66. The van der Waals surface area contributed by atoms with Crippen LogP contribution >= 0.6 is 0 Å². The van der Waals surface area contributed by atoms with Gasteiger partial charge in [0.1, 0.15) is 0 Å². The second-order valence-electron chi connectivity index (χ2n) is 6.40. The van der Waals surface area contributed by atoms with Crippen LogP contribution in [0.1, 0.15) is 41.3 Å². The van der Waals surface area contributed by atoms with E-state index in [9.17, 15) is 4.79 Å². The largest absolute Gasteiger partial charge is 0.354 e. The second kappa shape index (κ2) is 8.25. The lowest BCUT2D eigenvalue weighted by Gasteiger charge is -2.10. The van der Waals surface area contributed by atoms with Gasteiger partial charge in [-0.05, 0) is 47.4 Å². The van der Waals surface area contributed by atoms with Crippen LogP contribution in [0.4, 0.5) is 11.4 Å². The van der Waals surface area contributed by atoms with Gasteiger partial charge in [-0.3, -0.25) is 14.8 Å². The summed E-state index contributed by atoms with van der Waals surface area (Å²) in [6.45, 7) is 4.79. The fourth-order valence-electron chi connectivity index (χ4n) is 2.54. The monoisotopic (exact) mass is 346 g/mol. The molecule has 1 aromatic carbocycles. The summed E-state index contributed by atoms with van der Waals surface area (Å²) in [5.41, 5.74) is 4.55. The predicted molar refractivity (Wildman–Crippen MR) is 103 cm³/mol. The number of pyridine rings is 2. The van der Waals surface area contributed by atoms with Crippen molar-refractivity contribution in [1.82, 2.24) is 15.3 Å². The second-order valence-corrected chi connectivity index (χ2v) is 6.40. The molecule has 0 saturated carbocycles. The SMILES string of the molecule is CC(C)c1ccc(Nc2cncc(C(=O)NCc3ccncc3)c2)cc1. The Hall–Kier alpha value is -3.21. The zero-order chi connectivity index (χ0) is 18.4. The zero-order valence-electron chi connectivity index (χ0n) is 14.9. The lowest BCUT2D eigenvalue weighted by Crippen LogP contribution is -2.23. The molecule has 0 saturated heterocycles. The van der Waals surface area contributed by atoms with Crippen LogP contribution in [0.25, 0.3) is 0 Å². The molecule has 2 N–H and O–H groups in total. The van der Waals surface area contributed by atoms with Gasteiger partial charge in [0.2, 0.25) is 0 Å². The van der Waals surface area contributed by atoms with Crippen molar-refractivity contribution in [2.24, 2.45) is 0 Å². The Morgan fingerprint density at radius 2 is 1.69 bits per heavy atom. The number of carbonyl (C=O) groups excluding carboxylic acids is 1. The molecule has 0 spiro atoms. The summed E-state index contributed by atoms with van der Waals surface area (Å²) in [4.78, 5) is 20.5. The lowest BCUT2D eigenvalue weighted by atomic mass is 10.0. The van der Waals surface area contributed by atoms with Gasteiger partial charge in [0, 0.05) is 30.8 Å². The first-order chi connectivity index (χ1) is 12.6.